The minimum Gasteiger partial charge on any atom is -0.305 e. The number of hydrogen-bond donors (Lipinski definition) is 1. The van der Waals surface area contributed by atoms with Gasteiger partial charge in [-0.2, -0.15) is 0 Å². The number of nitrogens with one attached hydrogen (secondary N) is 1. The van der Waals surface area contributed by atoms with Crippen molar-refractivity contribution in [2.75, 3.05) is 0 Å². The van der Waals surface area contributed by atoms with E-state index >= 15 is 0 Å². The molecule has 1 aromatic carbocycles. The number of aryl methyl sites for hydroxylation is 2. The molecule has 0 aliphatic carbocycles. The van der Waals surface area contributed by atoms with Crippen molar-refractivity contribution in [2.24, 2.45) is 0 Å². The van der Waals surface area contributed by atoms with E-state index < -0.39 is 0 Å². The summed E-state index contributed by atoms with van der Waals surface area (Å²) in [6, 6.07) is 12.9. The Balaban J connectivity index is 2.03. The number of benzene rings is 1. The van der Waals surface area contributed by atoms with Crippen LogP contribution in [0.2, 0.25) is 0 Å². The maximum absolute atomic E-state index is 4.40. The summed E-state index contributed by atoms with van der Waals surface area (Å²) in [4.78, 5) is 4.40. The van der Waals surface area contributed by atoms with Crippen molar-refractivity contribution >= 4 is 0 Å². The summed E-state index contributed by atoms with van der Waals surface area (Å²) in [5, 5.41) is 3.53. The number of nitrogens with zero attached hydrogens (tertiary/aromatic N) is 1. The Hall–Kier alpha value is -1.67. The van der Waals surface area contributed by atoms with E-state index in [4.69, 9.17) is 0 Å². The van der Waals surface area contributed by atoms with Crippen molar-refractivity contribution in [1.82, 2.24) is 10.3 Å². The molecule has 0 spiro atoms. The molecule has 0 saturated heterocycles. The highest BCUT2D eigenvalue weighted by Gasteiger charge is 2.08. The third kappa shape index (κ3) is 2.96. The molecule has 1 heterocycles. The molecule has 1 unspecified atom stereocenters. The molecule has 0 aliphatic rings. The molecule has 2 nitrogen and oxygen atoms in total. The van der Waals surface area contributed by atoms with Crippen LogP contribution in [0.25, 0.3) is 0 Å². The molecule has 2 rings (SSSR count). The van der Waals surface area contributed by atoms with Crippen molar-refractivity contribution in [3.8, 4) is 0 Å². The smallest absolute Gasteiger partial charge is 0.0570 e. The Morgan fingerprint density at radius 3 is 2.50 bits per heavy atom. The Bertz CT molecular complexity index is 520. The lowest BCUT2D eigenvalue weighted by Crippen LogP contribution is -2.20. The first kappa shape index (κ1) is 12.8. The topological polar surface area (TPSA) is 24.9 Å². The molecular weight excluding hydrogens is 220 g/mol. The molecule has 1 aromatic heterocycles. The van der Waals surface area contributed by atoms with Gasteiger partial charge in [-0.25, -0.2) is 0 Å². The van der Waals surface area contributed by atoms with Crippen LogP contribution >= 0.6 is 0 Å². The third-order valence-electron chi connectivity index (χ3n) is 3.35. The maximum Gasteiger partial charge on any atom is 0.0570 e. The number of pyridine rings is 1. The minimum absolute atomic E-state index is 0.340. The maximum atomic E-state index is 4.40. The predicted molar refractivity (Wildman–Crippen MR) is 75.4 cm³/mol. The van der Waals surface area contributed by atoms with Crippen molar-refractivity contribution in [1.29, 1.82) is 0 Å². The molecule has 94 valence electrons. The molecule has 1 atom stereocenters. The second-order valence-corrected chi connectivity index (χ2v) is 4.73. The quantitative estimate of drug-likeness (QED) is 0.884. The van der Waals surface area contributed by atoms with Gasteiger partial charge >= 0.3 is 0 Å². The fraction of sp³-hybridized carbons (Fsp3) is 0.312. The van der Waals surface area contributed by atoms with Gasteiger partial charge in [-0.15, -0.1) is 0 Å². The number of aromatic nitrogens is 1. The molecule has 0 radical (unpaired) electrons. The normalized spacial score (nSPS) is 12.4. The molecule has 1 N–H and O–H groups in total. The summed E-state index contributed by atoms with van der Waals surface area (Å²) in [5.41, 5.74) is 5.04. The first-order valence-corrected chi connectivity index (χ1v) is 6.38. The number of hydrogen-bond acceptors (Lipinski definition) is 2. The van der Waals surface area contributed by atoms with E-state index in [1.54, 1.807) is 0 Å². The van der Waals surface area contributed by atoms with Crippen LogP contribution in [0.5, 0.6) is 0 Å². The second kappa shape index (κ2) is 5.78. The zero-order valence-corrected chi connectivity index (χ0v) is 11.3. The summed E-state index contributed by atoms with van der Waals surface area (Å²) in [6.07, 6.45) is 1.85. The fourth-order valence-corrected chi connectivity index (χ4v) is 2.14. The minimum atomic E-state index is 0.340. The summed E-state index contributed by atoms with van der Waals surface area (Å²) >= 11 is 0. The zero-order valence-electron chi connectivity index (χ0n) is 11.3. The highest BCUT2D eigenvalue weighted by atomic mass is 14.9. The average molecular weight is 240 g/mol. The second-order valence-electron chi connectivity index (χ2n) is 4.73. The van der Waals surface area contributed by atoms with Crippen LogP contribution in [0.15, 0.2) is 42.6 Å². The molecule has 0 fully saturated rings. The molecule has 0 aliphatic heterocycles. The van der Waals surface area contributed by atoms with Crippen LogP contribution in [0.1, 0.15) is 35.3 Å². The summed E-state index contributed by atoms with van der Waals surface area (Å²) in [7, 11) is 0. The largest absolute Gasteiger partial charge is 0.305 e. The Kier molecular flexibility index (Phi) is 4.11. The standard InChI is InChI=1S/C16H20N2/c1-12-7-4-5-9-15(12)14(3)18-11-16-13(2)8-6-10-17-16/h4-10,14,18H,11H2,1-3H3. The van der Waals surface area contributed by atoms with Crippen LogP contribution in [0.3, 0.4) is 0 Å². The predicted octanol–water partition coefficient (Wildman–Crippen LogP) is 3.55. The van der Waals surface area contributed by atoms with Gasteiger partial charge in [0, 0.05) is 18.8 Å². The van der Waals surface area contributed by atoms with E-state index in [9.17, 15) is 0 Å². The van der Waals surface area contributed by atoms with Gasteiger partial charge < -0.3 is 5.32 Å². The van der Waals surface area contributed by atoms with Gasteiger partial charge in [0.2, 0.25) is 0 Å². The van der Waals surface area contributed by atoms with Crippen molar-refractivity contribution < 1.29 is 0 Å². The molecule has 0 amide bonds. The molecular formula is C16H20N2. The molecule has 18 heavy (non-hydrogen) atoms. The van der Waals surface area contributed by atoms with Crippen molar-refractivity contribution in [2.45, 2.75) is 33.4 Å². The molecule has 2 aromatic rings. The van der Waals surface area contributed by atoms with Crippen LogP contribution in [0.4, 0.5) is 0 Å². The highest BCUT2D eigenvalue weighted by Crippen LogP contribution is 2.17. The summed E-state index contributed by atoms with van der Waals surface area (Å²) in [5.74, 6) is 0. The van der Waals surface area contributed by atoms with Gasteiger partial charge in [0.05, 0.1) is 5.69 Å². The SMILES string of the molecule is Cc1ccccc1C(C)NCc1ncccc1C. The lowest BCUT2D eigenvalue weighted by molar-refractivity contribution is 0.564. The average Bonchev–Trinajstić information content (AvgIpc) is 2.38. The van der Waals surface area contributed by atoms with Crippen LogP contribution in [0, 0.1) is 13.8 Å². The van der Waals surface area contributed by atoms with E-state index in [-0.39, 0.29) is 0 Å². The van der Waals surface area contributed by atoms with Gasteiger partial charge in [-0.1, -0.05) is 30.3 Å². The van der Waals surface area contributed by atoms with E-state index in [1.165, 1.54) is 16.7 Å². The van der Waals surface area contributed by atoms with Crippen LogP contribution < -0.4 is 5.32 Å². The van der Waals surface area contributed by atoms with Crippen LogP contribution in [-0.4, -0.2) is 4.98 Å². The van der Waals surface area contributed by atoms with Crippen molar-refractivity contribution in [3.63, 3.8) is 0 Å². The third-order valence-corrected chi connectivity index (χ3v) is 3.35. The summed E-state index contributed by atoms with van der Waals surface area (Å²) in [6.45, 7) is 7.25. The van der Waals surface area contributed by atoms with E-state index in [0.717, 1.165) is 12.2 Å². The van der Waals surface area contributed by atoms with Gasteiger partial charge in [0.1, 0.15) is 0 Å². The van der Waals surface area contributed by atoms with Gasteiger partial charge in [-0.05, 0) is 43.5 Å². The van der Waals surface area contributed by atoms with E-state index in [1.807, 2.05) is 12.3 Å². The lowest BCUT2D eigenvalue weighted by atomic mass is 10.0. The first-order valence-electron chi connectivity index (χ1n) is 6.38. The van der Waals surface area contributed by atoms with Gasteiger partial charge in [-0.3, -0.25) is 4.98 Å². The molecule has 2 heteroatoms. The van der Waals surface area contributed by atoms with E-state index in [0.29, 0.717) is 6.04 Å². The zero-order chi connectivity index (χ0) is 13.0. The van der Waals surface area contributed by atoms with Crippen LogP contribution in [-0.2, 0) is 6.54 Å². The first-order chi connectivity index (χ1) is 8.68. The Morgan fingerprint density at radius 2 is 1.78 bits per heavy atom. The van der Waals surface area contributed by atoms with E-state index in [2.05, 4.69) is 61.4 Å². The lowest BCUT2D eigenvalue weighted by Gasteiger charge is -2.16. The number of rotatable bonds is 4. The van der Waals surface area contributed by atoms with Gasteiger partial charge in [0.25, 0.3) is 0 Å². The molecule has 0 saturated carbocycles. The Morgan fingerprint density at radius 1 is 1.06 bits per heavy atom. The Labute approximate surface area is 109 Å². The fourth-order valence-electron chi connectivity index (χ4n) is 2.14. The highest BCUT2D eigenvalue weighted by molar-refractivity contribution is 5.28. The van der Waals surface area contributed by atoms with Crippen molar-refractivity contribution in [3.05, 3.63) is 65.0 Å². The monoisotopic (exact) mass is 240 g/mol. The summed E-state index contributed by atoms with van der Waals surface area (Å²) < 4.78 is 0. The molecule has 0 bridgehead atoms. The van der Waals surface area contributed by atoms with Gasteiger partial charge in [0.15, 0.2) is 0 Å².